The number of hydrogen-bond acceptors (Lipinski definition) is 3. The second-order valence-corrected chi connectivity index (χ2v) is 6.42. The zero-order valence-electron chi connectivity index (χ0n) is 13.4. The molecule has 0 spiro atoms. The number of nitriles is 1. The highest BCUT2D eigenvalue weighted by Gasteiger charge is 2.29. The predicted octanol–water partition coefficient (Wildman–Crippen LogP) is 2.32. The summed E-state index contributed by atoms with van der Waals surface area (Å²) in [4.78, 5) is 28.5. The molecular formula is C17H27N3O2. The summed E-state index contributed by atoms with van der Waals surface area (Å²) in [6.07, 6.45) is 8.74. The van der Waals surface area contributed by atoms with Crippen molar-refractivity contribution in [2.75, 3.05) is 26.2 Å². The third-order valence-electron chi connectivity index (χ3n) is 4.71. The van der Waals surface area contributed by atoms with Crippen molar-refractivity contribution in [1.29, 1.82) is 5.26 Å². The second-order valence-electron chi connectivity index (χ2n) is 6.42. The normalized spacial score (nSPS) is 21.4. The van der Waals surface area contributed by atoms with E-state index in [-0.39, 0.29) is 18.2 Å². The molecule has 0 N–H and O–H groups in total. The second kappa shape index (κ2) is 8.77. The third kappa shape index (κ3) is 4.72. The van der Waals surface area contributed by atoms with Crippen LogP contribution in [0.2, 0.25) is 0 Å². The highest BCUT2D eigenvalue weighted by Crippen LogP contribution is 2.17. The Hall–Kier alpha value is -1.57. The van der Waals surface area contributed by atoms with Crippen LogP contribution in [0, 0.1) is 17.2 Å². The van der Waals surface area contributed by atoms with Crippen LogP contribution in [0.3, 0.4) is 0 Å². The Morgan fingerprint density at radius 2 is 1.27 bits per heavy atom. The molecule has 2 heterocycles. The molecular weight excluding hydrogens is 278 g/mol. The Kier molecular flexibility index (Phi) is 6.70. The molecule has 0 aromatic heterocycles. The molecule has 0 aliphatic carbocycles. The maximum Gasteiger partial charge on any atom is 0.240 e. The van der Waals surface area contributed by atoms with Gasteiger partial charge in [-0.2, -0.15) is 5.26 Å². The van der Waals surface area contributed by atoms with Crippen molar-refractivity contribution in [2.45, 2.75) is 57.8 Å². The van der Waals surface area contributed by atoms with Gasteiger partial charge in [-0.05, 0) is 25.7 Å². The Morgan fingerprint density at radius 3 is 1.73 bits per heavy atom. The van der Waals surface area contributed by atoms with Crippen molar-refractivity contribution < 1.29 is 9.59 Å². The number of amides is 2. The Bertz CT molecular complexity index is 414. The molecule has 2 aliphatic rings. The van der Waals surface area contributed by atoms with Gasteiger partial charge < -0.3 is 9.80 Å². The molecule has 0 saturated carbocycles. The van der Waals surface area contributed by atoms with Gasteiger partial charge in [0.2, 0.25) is 11.8 Å². The predicted molar refractivity (Wildman–Crippen MR) is 83.8 cm³/mol. The number of likely N-dealkylation sites (tertiary alicyclic amines) is 2. The largest absolute Gasteiger partial charge is 0.343 e. The van der Waals surface area contributed by atoms with Crippen molar-refractivity contribution in [1.82, 2.24) is 9.80 Å². The van der Waals surface area contributed by atoms with E-state index in [1.54, 1.807) is 4.90 Å². The van der Waals surface area contributed by atoms with Gasteiger partial charge in [-0.3, -0.25) is 9.59 Å². The molecule has 2 aliphatic heterocycles. The number of carbonyl (C=O) groups is 2. The van der Waals surface area contributed by atoms with E-state index < -0.39 is 5.92 Å². The van der Waals surface area contributed by atoms with Crippen LogP contribution in [-0.4, -0.2) is 47.8 Å². The number of carbonyl (C=O) groups excluding carboxylic acids is 2. The zero-order chi connectivity index (χ0) is 15.8. The topological polar surface area (TPSA) is 64.4 Å². The molecule has 2 fully saturated rings. The Labute approximate surface area is 133 Å². The van der Waals surface area contributed by atoms with Crippen LogP contribution in [0.15, 0.2) is 0 Å². The van der Waals surface area contributed by atoms with Crippen molar-refractivity contribution in [3.8, 4) is 6.07 Å². The third-order valence-corrected chi connectivity index (χ3v) is 4.71. The van der Waals surface area contributed by atoms with Gasteiger partial charge in [-0.1, -0.05) is 25.7 Å². The minimum atomic E-state index is -0.811. The lowest BCUT2D eigenvalue weighted by atomic mass is 10.0. The molecule has 0 radical (unpaired) electrons. The lowest BCUT2D eigenvalue weighted by molar-refractivity contribution is -0.139. The molecule has 22 heavy (non-hydrogen) atoms. The smallest absolute Gasteiger partial charge is 0.240 e. The molecule has 122 valence electrons. The fourth-order valence-corrected chi connectivity index (χ4v) is 3.32. The highest BCUT2D eigenvalue weighted by molar-refractivity contribution is 5.87. The lowest BCUT2D eigenvalue weighted by Crippen LogP contribution is -2.40. The van der Waals surface area contributed by atoms with E-state index in [0.29, 0.717) is 0 Å². The number of nitrogens with zero attached hydrogens (tertiary/aromatic N) is 3. The Balaban J connectivity index is 1.91. The molecule has 5 heteroatoms. The summed E-state index contributed by atoms with van der Waals surface area (Å²) in [7, 11) is 0. The van der Waals surface area contributed by atoms with E-state index in [1.807, 2.05) is 4.90 Å². The van der Waals surface area contributed by atoms with E-state index in [9.17, 15) is 14.9 Å². The molecule has 5 nitrogen and oxygen atoms in total. The van der Waals surface area contributed by atoms with Gasteiger partial charge in [0.1, 0.15) is 5.92 Å². The standard InChI is InChI=1S/C17H27N3O2/c18-14-15(17(22)20-11-7-3-4-8-12-20)13-16(21)19-9-5-1-2-6-10-19/h15H,1-13H2. The van der Waals surface area contributed by atoms with Gasteiger partial charge in [0.25, 0.3) is 0 Å². The van der Waals surface area contributed by atoms with Crippen LogP contribution in [0.1, 0.15) is 57.8 Å². The maximum atomic E-state index is 12.5. The van der Waals surface area contributed by atoms with Gasteiger partial charge in [0, 0.05) is 26.2 Å². The summed E-state index contributed by atoms with van der Waals surface area (Å²) in [5.74, 6) is -0.988. The fraction of sp³-hybridized carbons (Fsp3) is 0.824. The summed E-state index contributed by atoms with van der Waals surface area (Å²) in [6, 6.07) is 2.07. The SMILES string of the molecule is N#CC(CC(=O)N1CCCCCC1)C(=O)N1CCCCCC1. The van der Waals surface area contributed by atoms with Crippen molar-refractivity contribution in [3.63, 3.8) is 0 Å². The lowest BCUT2D eigenvalue weighted by Gasteiger charge is -2.25. The maximum absolute atomic E-state index is 12.5. The summed E-state index contributed by atoms with van der Waals surface area (Å²) in [5.41, 5.74) is 0. The van der Waals surface area contributed by atoms with E-state index in [2.05, 4.69) is 6.07 Å². The minimum absolute atomic E-state index is 0.0309. The van der Waals surface area contributed by atoms with Gasteiger partial charge in [-0.25, -0.2) is 0 Å². The van der Waals surface area contributed by atoms with Crippen LogP contribution >= 0.6 is 0 Å². The van der Waals surface area contributed by atoms with Gasteiger partial charge in [0.15, 0.2) is 0 Å². The summed E-state index contributed by atoms with van der Waals surface area (Å²) in [5, 5.41) is 9.33. The molecule has 2 rings (SSSR count). The fourth-order valence-electron chi connectivity index (χ4n) is 3.32. The summed E-state index contributed by atoms with van der Waals surface area (Å²) in [6.45, 7) is 3.01. The summed E-state index contributed by atoms with van der Waals surface area (Å²) < 4.78 is 0. The van der Waals surface area contributed by atoms with Crippen LogP contribution in [0.5, 0.6) is 0 Å². The molecule has 1 unspecified atom stereocenters. The monoisotopic (exact) mass is 305 g/mol. The van der Waals surface area contributed by atoms with E-state index in [4.69, 9.17) is 0 Å². The first-order valence-corrected chi connectivity index (χ1v) is 8.68. The average Bonchev–Trinajstić information content (AvgIpc) is 2.96. The molecule has 0 bridgehead atoms. The van der Waals surface area contributed by atoms with Gasteiger partial charge in [-0.15, -0.1) is 0 Å². The first kappa shape index (κ1) is 16.8. The van der Waals surface area contributed by atoms with Crippen LogP contribution in [0.4, 0.5) is 0 Å². The van der Waals surface area contributed by atoms with Crippen LogP contribution in [-0.2, 0) is 9.59 Å². The van der Waals surface area contributed by atoms with Crippen molar-refractivity contribution in [2.24, 2.45) is 5.92 Å². The molecule has 1 atom stereocenters. The quantitative estimate of drug-likeness (QED) is 0.804. The van der Waals surface area contributed by atoms with E-state index in [0.717, 1.165) is 77.5 Å². The Morgan fingerprint density at radius 1 is 0.818 bits per heavy atom. The molecule has 2 amide bonds. The molecule has 0 aromatic carbocycles. The minimum Gasteiger partial charge on any atom is -0.343 e. The molecule has 0 aromatic rings. The van der Waals surface area contributed by atoms with Crippen molar-refractivity contribution >= 4 is 11.8 Å². The summed E-state index contributed by atoms with van der Waals surface area (Å²) >= 11 is 0. The zero-order valence-corrected chi connectivity index (χ0v) is 13.4. The molecule has 2 saturated heterocycles. The number of hydrogen-bond donors (Lipinski definition) is 0. The van der Waals surface area contributed by atoms with Gasteiger partial charge >= 0.3 is 0 Å². The number of rotatable bonds is 3. The highest BCUT2D eigenvalue weighted by atomic mass is 16.2. The first-order chi connectivity index (χ1) is 10.7. The van der Waals surface area contributed by atoms with Crippen LogP contribution in [0.25, 0.3) is 0 Å². The van der Waals surface area contributed by atoms with E-state index in [1.165, 1.54) is 0 Å². The van der Waals surface area contributed by atoms with Crippen molar-refractivity contribution in [3.05, 3.63) is 0 Å². The van der Waals surface area contributed by atoms with E-state index >= 15 is 0 Å². The first-order valence-electron chi connectivity index (χ1n) is 8.68. The average molecular weight is 305 g/mol. The van der Waals surface area contributed by atoms with Crippen LogP contribution < -0.4 is 0 Å². The van der Waals surface area contributed by atoms with Gasteiger partial charge in [0.05, 0.1) is 12.5 Å².